The van der Waals surface area contributed by atoms with Crippen molar-refractivity contribution in [3.63, 3.8) is 0 Å². The standard InChI is InChI=1S/C34H35FN8O/c1-43(2)12-11-38-25-14-22(13-24(35)17-25)33-29-18-32(40-30(29)7-10-39-33)34-28-16-21(3-4-31(28)41-42-34)23-15-27(20-37-19-23)44-26-5-8-36-9-6-26/h3-4,7,10,13-20,26,36,38,40H,5-6,8-9,11-12H2,1-2H3,(H,41,42). The van der Waals surface area contributed by atoms with Crippen LogP contribution in [0.3, 0.4) is 0 Å². The van der Waals surface area contributed by atoms with E-state index in [9.17, 15) is 4.39 Å². The molecule has 7 rings (SSSR count). The van der Waals surface area contributed by atoms with Crippen LogP contribution in [0.2, 0.25) is 0 Å². The topological polar surface area (TPSA) is 107 Å². The van der Waals surface area contributed by atoms with Crippen LogP contribution in [0.25, 0.3) is 55.6 Å². The first-order valence-corrected chi connectivity index (χ1v) is 15.0. The molecule has 0 radical (unpaired) electrons. The summed E-state index contributed by atoms with van der Waals surface area (Å²) in [6.45, 7) is 3.50. The number of hydrogen-bond acceptors (Lipinski definition) is 7. The number of rotatable bonds is 9. The van der Waals surface area contributed by atoms with E-state index in [1.807, 2.05) is 44.6 Å². The molecule has 5 heterocycles. The average Bonchev–Trinajstić information content (AvgIpc) is 3.65. The minimum Gasteiger partial charge on any atom is -0.489 e. The van der Waals surface area contributed by atoms with Gasteiger partial charge in [-0.3, -0.25) is 15.1 Å². The summed E-state index contributed by atoms with van der Waals surface area (Å²) in [6.07, 6.45) is 7.57. The van der Waals surface area contributed by atoms with Crippen LogP contribution in [-0.4, -0.2) is 76.4 Å². The fraction of sp³-hybridized carbons (Fsp3) is 0.265. The number of anilines is 1. The molecule has 9 nitrogen and oxygen atoms in total. The predicted octanol–water partition coefficient (Wildman–Crippen LogP) is 6.08. The van der Waals surface area contributed by atoms with Gasteiger partial charge in [-0.2, -0.15) is 5.10 Å². The normalized spacial score (nSPS) is 14.1. The van der Waals surface area contributed by atoms with Crippen molar-refractivity contribution in [2.24, 2.45) is 0 Å². The Hall–Kier alpha value is -4.80. The molecule has 224 valence electrons. The van der Waals surface area contributed by atoms with E-state index in [1.54, 1.807) is 12.4 Å². The van der Waals surface area contributed by atoms with Crippen LogP contribution in [0.15, 0.2) is 73.2 Å². The Morgan fingerprint density at radius 1 is 0.909 bits per heavy atom. The summed E-state index contributed by atoms with van der Waals surface area (Å²) in [5.74, 6) is 0.473. The SMILES string of the molecule is CN(C)CCNc1cc(F)cc(-c2nccc3[nH]c(-c4n[nH]c5ccc(-c6cncc(OC7CCNCC7)c6)cc45)cc23)c1. The molecule has 1 fully saturated rings. The third kappa shape index (κ3) is 5.86. The Balaban J connectivity index is 1.21. The average molecular weight is 591 g/mol. The van der Waals surface area contributed by atoms with Crippen molar-refractivity contribution < 1.29 is 9.13 Å². The summed E-state index contributed by atoms with van der Waals surface area (Å²) >= 11 is 0. The van der Waals surface area contributed by atoms with Gasteiger partial charge in [-0.1, -0.05) is 6.07 Å². The van der Waals surface area contributed by atoms with Crippen molar-refractivity contribution in [1.82, 2.24) is 35.4 Å². The van der Waals surface area contributed by atoms with Crippen molar-refractivity contribution >= 4 is 27.5 Å². The Morgan fingerprint density at radius 3 is 2.64 bits per heavy atom. The lowest BCUT2D eigenvalue weighted by Gasteiger charge is -2.23. The zero-order valence-corrected chi connectivity index (χ0v) is 24.8. The number of H-pyrrole nitrogens is 2. The van der Waals surface area contributed by atoms with Gasteiger partial charge < -0.3 is 25.3 Å². The molecule has 10 heteroatoms. The number of ether oxygens (including phenoxy) is 1. The number of aromatic nitrogens is 5. The van der Waals surface area contributed by atoms with Crippen molar-refractivity contribution in [2.75, 3.05) is 45.6 Å². The van der Waals surface area contributed by atoms with Gasteiger partial charge in [-0.25, -0.2) is 4.39 Å². The number of aromatic amines is 2. The van der Waals surface area contributed by atoms with Crippen molar-refractivity contribution in [1.29, 1.82) is 0 Å². The smallest absolute Gasteiger partial charge is 0.138 e. The molecule has 0 amide bonds. The maximum absolute atomic E-state index is 14.7. The summed E-state index contributed by atoms with van der Waals surface area (Å²) in [7, 11) is 4.02. The monoisotopic (exact) mass is 590 g/mol. The maximum atomic E-state index is 14.7. The number of piperidine rings is 1. The molecular formula is C34H35FN8O. The number of nitrogens with zero attached hydrogens (tertiary/aromatic N) is 4. The maximum Gasteiger partial charge on any atom is 0.138 e. The molecule has 6 aromatic rings. The fourth-order valence-corrected chi connectivity index (χ4v) is 5.81. The van der Waals surface area contributed by atoms with Crippen LogP contribution >= 0.6 is 0 Å². The number of halogens is 1. The molecule has 1 saturated heterocycles. The fourth-order valence-electron chi connectivity index (χ4n) is 5.81. The summed E-state index contributed by atoms with van der Waals surface area (Å²) in [4.78, 5) is 14.7. The minimum absolute atomic E-state index is 0.205. The van der Waals surface area contributed by atoms with Crippen LogP contribution < -0.4 is 15.4 Å². The second-order valence-electron chi connectivity index (χ2n) is 11.6. The first-order chi connectivity index (χ1) is 21.5. The summed E-state index contributed by atoms with van der Waals surface area (Å²) in [6, 6.07) is 17.2. The Morgan fingerprint density at radius 2 is 1.77 bits per heavy atom. The molecule has 4 N–H and O–H groups in total. The van der Waals surface area contributed by atoms with E-state index in [1.165, 1.54) is 12.1 Å². The van der Waals surface area contributed by atoms with Crippen molar-refractivity contribution in [2.45, 2.75) is 18.9 Å². The predicted molar refractivity (Wildman–Crippen MR) is 173 cm³/mol. The number of fused-ring (bicyclic) bond motifs is 2. The van der Waals surface area contributed by atoms with Gasteiger partial charge >= 0.3 is 0 Å². The summed E-state index contributed by atoms with van der Waals surface area (Å²) in [5, 5.41) is 16.4. The number of hydrogen-bond donors (Lipinski definition) is 4. The molecule has 44 heavy (non-hydrogen) atoms. The molecule has 0 atom stereocenters. The van der Waals surface area contributed by atoms with Crippen molar-refractivity contribution in [3.05, 3.63) is 79.0 Å². The van der Waals surface area contributed by atoms with E-state index < -0.39 is 0 Å². The van der Waals surface area contributed by atoms with Gasteiger partial charge in [0.2, 0.25) is 0 Å². The Labute approximate surface area is 254 Å². The zero-order valence-electron chi connectivity index (χ0n) is 24.8. The van der Waals surface area contributed by atoms with Crippen LogP contribution in [-0.2, 0) is 0 Å². The molecule has 0 spiro atoms. The van der Waals surface area contributed by atoms with Crippen LogP contribution in [0.1, 0.15) is 12.8 Å². The van der Waals surface area contributed by atoms with Gasteiger partial charge in [-0.15, -0.1) is 0 Å². The molecule has 0 unspecified atom stereocenters. The first kappa shape index (κ1) is 28.0. The van der Waals surface area contributed by atoms with Crippen LogP contribution in [0.4, 0.5) is 10.1 Å². The lowest BCUT2D eigenvalue weighted by molar-refractivity contribution is 0.162. The second kappa shape index (κ2) is 12.1. The molecule has 2 aromatic carbocycles. The number of pyridine rings is 2. The molecule has 0 bridgehead atoms. The van der Waals surface area contributed by atoms with Gasteiger partial charge in [0.15, 0.2) is 0 Å². The van der Waals surface area contributed by atoms with E-state index in [0.717, 1.165) is 88.2 Å². The third-order valence-corrected chi connectivity index (χ3v) is 8.06. The molecule has 1 aliphatic heterocycles. The molecular weight excluding hydrogens is 555 g/mol. The Bertz CT molecular complexity index is 1920. The third-order valence-electron chi connectivity index (χ3n) is 8.06. The van der Waals surface area contributed by atoms with Gasteiger partial charge in [0, 0.05) is 58.6 Å². The zero-order chi connectivity index (χ0) is 30.0. The van der Waals surface area contributed by atoms with E-state index in [-0.39, 0.29) is 11.9 Å². The Kier molecular flexibility index (Phi) is 7.68. The minimum atomic E-state index is -0.310. The van der Waals surface area contributed by atoms with E-state index >= 15 is 0 Å². The highest BCUT2D eigenvalue weighted by Gasteiger charge is 2.17. The molecule has 0 saturated carbocycles. The van der Waals surface area contributed by atoms with Gasteiger partial charge in [-0.05, 0) is 94.1 Å². The largest absolute Gasteiger partial charge is 0.489 e. The lowest BCUT2D eigenvalue weighted by Crippen LogP contribution is -2.34. The quantitative estimate of drug-likeness (QED) is 0.162. The number of benzene rings is 2. The summed E-state index contributed by atoms with van der Waals surface area (Å²) in [5.41, 5.74) is 7.61. The highest BCUT2D eigenvalue weighted by atomic mass is 19.1. The highest BCUT2D eigenvalue weighted by Crippen LogP contribution is 2.35. The van der Waals surface area contributed by atoms with Gasteiger partial charge in [0.25, 0.3) is 0 Å². The number of nitrogens with one attached hydrogen (secondary N) is 4. The van der Waals surface area contributed by atoms with E-state index in [4.69, 9.17) is 4.74 Å². The van der Waals surface area contributed by atoms with Gasteiger partial charge in [0.1, 0.15) is 23.4 Å². The van der Waals surface area contributed by atoms with E-state index in [0.29, 0.717) is 17.8 Å². The van der Waals surface area contributed by atoms with Crippen molar-refractivity contribution in [3.8, 4) is 39.5 Å². The second-order valence-corrected chi connectivity index (χ2v) is 11.6. The first-order valence-electron chi connectivity index (χ1n) is 15.0. The van der Waals surface area contributed by atoms with Gasteiger partial charge in [0.05, 0.1) is 23.1 Å². The highest BCUT2D eigenvalue weighted by molar-refractivity contribution is 6.01. The summed E-state index contributed by atoms with van der Waals surface area (Å²) < 4.78 is 21.0. The lowest BCUT2D eigenvalue weighted by atomic mass is 10.0. The van der Waals surface area contributed by atoms with E-state index in [2.05, 4.69) is 58.9 Å². The molecule has 4 aromatic heterocycles. The van der Waals surface area contributed by atoms with Crippen LogP contribution in [0, 0.1) is 5.82 Å². The van der Waals surface area contributed by atoms with Crippen LogP contribution in [0.5, 0.6) is 5.75 Å². The number of likely N-dealkylation sites (N-methyl/N-ethyl adjacent to an activating group) is 1. The molecule has 0 aliphatic carbocycles. The molecule has 1 aliphatic rings.